The molecule has 1 fully saturated rings. The number of nitrogens with zero attached hydrogens (tertiary/aromatic N) is 1. The predicted octanol–water partition coefficient (Wildman–Crippen LogP) is 4.61. The van der Waals surface area contributed by atoms with Crippen LogP contribution in [0.1, 0.15) is 11.1 Å². The number of hydrogen-bond donors (Lipinski definition) is 1. The van der Waals surface area contributed by atoms with Gasteiger partial charge < -0.3 is 9.47 Å². The number of hydrogen-bond acceptors (Lipinski definition) is 6. The van der Waals surface area contributed by atoms with E-state index in [1.165, 1.54) is 11.8 Å². The lowest BCUT2D eigenvalue weighted by molar-refractivity contribution is -0.122. The number of carbonyl (C=O) groups excluding carboxylic acids is 1. The second-order valence-electron chi connectivity index (χ2n) is 5.50. The van der Waals surface area contributed by atoms with E-state index in [1.54, 1.807) is 13.2 Å². The van der Waals surface area contributed by atoms with Gasteiger partial charge >= 0.3 is 0 Å². The minimum absolute atomic E-state index is 0.318. The summed E-state index contributed by atoms with van der Waals surface area (Å²) in [6.07, 6.45) is 1.74. The second kappa shape index (κ2) is 8.78. The van der Waals surface area contributed by atoms with Crippen LogP contribution in [0.15, 0.2) is 41.3 Å². The van der Waals surface area contributed by atoms with Crippen molar-refractivity contribution in [2.45, 2.75) is 6.61 Å². The Morgan fingerprint density at radius 1 is 1.33 bits per heavy atom. The Hall–Kier alpha value is -1.33. The highest BCUT2D eigenvalue weighted by Gasteiger charge is 2.29. The number of carbonyl (C=O) groups is 1. The van der Waals surface area contributed by atoms with Crippen molar-refractivity contribution in [2.24, 2.45) is 5.84 Å². The molecule has 0 aromatic heterocycles. The standard InChI is InChI=1S/C18H14ClIN2O3S2/c1-24-14-7-11(8-15-17(23)22(21)18(26)27-15)6-13(20)16(14)25-9-10-2-4-12(19)5-3-10/h2-8H,9,21H2,1H3/b15-8+. The zero-order valence-corrected chi connectivity index (χ0v) is 18.6. The average molecular weight is 533 g/mol. The van der Waals surface area contributed by atoms with Crippen molar-refractivity contribution in [2.75, 3.05) is 7.11 Å². The fourth-order valence-corrected chi connectivity index (χ4v) is 4.34. The number of thiocarbonyl (C=S) groups is 1. The van der Waals surface area contributed by atoms with E-state index in [1.807, 2.05) is 36.4 Å². The lowest BCUT2D eigenvalue weighted by Gasteiger charge is -2.14. The van der Waals surface area contributed by atoms with Crippen LogP contribution >= 0.6 is 58.2 Å². The SMILES string of the molecule is COc1cc(/C=C2/SC(=S)N(N)C2=O)cc(I)c1OCc1ccc(Cl)cc1. The maximum atomic E-state index is 12.1. The molecule has 0 bridgehead atoms. The quantitative estimate of drug-likeness (QED) is 0.200. The molecule has 2 N–H and O–H groups in total. The van der Waals surface area contributed by atoms with E-state index < -0.39 is 0 Å². The first-order chi connectivity index (χ1) is 12.9. The molecule has 1 amide bonds. The third-order valence-electron chi connectivity index (χ3n) is 3.67. The maximum Gasteiger partial charge on any atom is 0.280 e. The monoisotopic (exact) mass is 532 g/mol. The van der Waals surface area contributed by atoms with Gasteiger partial charge in [-0.1, -0.05) is 47.7 Å². The fraction of sp³-hybridized carbons (Fsp3) is 0.111. The molecule has 1 heterocycles. The van der Waals surface area contributed by atoms with Crippen molar-refractivity contribution in [1.29, 1.82) is 0 Å². The molecule has 0 radical (unpaired) electrons. The Balaban J connectivity index is 1.84. The van der Waals surface area contributed by atoms with Gasteiger partial charge in [-0.25, -0.2) is 10.9 Å². The van der Waals surface area contributed by atoms with Crippen molar-refractivity contribution in [3.63, 3.8) is 0 Å². The number of thioether (sulfide) groups is 1. The highest BCUT2D eigenvalue weighted by Crippen LogP contribution is 2.37. The number of benzene rings is 2. The Morgan fingerprint density at radius 3 is 2.63 bits per heavy atom. The van der Waals surface area contributed by atoms with Gasteiger partial charge in [0.15, 0.2) is 15.8 Å². The smallest absolute Gasteiger partial charge is 0.280 e. The molecule has 2 aromatic carbocycles. The van der Waals surface area contributed by atoms with Gasteiger partial charge in [0.1, 0.15) is 6.61 Å². The molecule has 3 rings (SSSR count). The molecular formula is C18H14ClIN2O3S2. The summed E-state index contributed by atoms with van der Waals surface area (Å²) in [6.45, 7) is 0.384. The minimum atomic E-state index is -0.318. The van der Waals surface area contributed by atoms with Crippen molar-refractivity contribution in [3.05, 3.63) is 61.0 Å². The summed E-state index contributed by atoms with van der Waals surface area (Å²) in [4.78, 5) is 12.5. The Bertz CT molecular complexity index is 935. The van der Waals surface area contributed by atoms with Crippen LogP contribution in [-0.2, 0) is 11.4 Å². The molecule has 1 aliphatic heterocycles. The van der Waals surface area contributed by atoms with Gasteiger partial charge in [-0.2, -0.15) is 0 Å². The molecular weight excluding hydrogens is 519 g/mol. The molecule has 0 unspecified atom stereocenters. The predicted molar refractivity (Wildman–Crippen MR) is 121 cm³/mol. The lowest BCUT2D eigenvalue weighted by atomic mass is 10.2. The van der Waals surface area contributed by atoms with Gasteiger partial charge in [0.2, 0.25) is 0 Å². The van der Waals surface area contributed by atoms with Gasteiger partial charge in [0.05, 0.1) is 15.6 Å². The van der Waals surface area contributed by atoms with E-state index in [-0.39, 0.29) is 5.91 Å². The molecule has 1 aliphatic rings. The molecule has 140 valence electrons. The van der Waals surface area contributed by atoms with Crippen molar-refractivity contribution in [3.8, 4) is 11.5 Å². The number of ether oxygens (including phenoxy) is 2. The first kappa shape index (κ1) is 20.4. The second-order valence-corrected chi connectivity index (χ2v) is 8.78. The highest BCUT2D eigenvalue weighted by molar-refractivity contribution is 14.1. The molecule has 1 saturated heterocycles. The van der Waals surface area contributed by atoms with Crippen LogP contribution in [0.2, 0.25) is 5.02 Å². The first-order valence-electron chi connectivity index (χ1n) is 7.66. The zero-order chi connectivity index (χ0) is 19.6. The van der Waals surface area contributed by atoms with Crippen LogP contribution in [-0.4, -0.2) is 22.3 Å². The molecule has 2 aromatic rings. The third kappa shape index (κ3) is 4.75. The third-order valence-corrected chi connectivity index (χ3v) is 6.05. The van der Waals surface area contributed by atoms with E-state index in [0.29, 0.717) is 32.4 Å². The van der Waals surface area contributed by atoms with E-state index in [4.69, 9.17) is 39.1 Å². The van der Waals surface area contributed by atoms with Gasteiger partial charge in [0.25, 0.3) is 5.91 Å². The summed E-state index contributed by atoms with van der Waals surface area (Å²) in [6, 6.07) is 11.2. The first-order valence-corrected chi connectivity index (χ1v) is 10.3. The average Bonchev–Trinajstić information content (AvgIpc) is 2.88. The molecule has 0 spiro atoms. The summed E-state index contributed by atoms with van der Waals surface area (Å²) in [5, 5.41) is 1.65. The van der Waals surface area contributed by atoms with Crippen LogP contribution < -0.4 is 15.3 Å². The van der Waals surface area contributed by atoms with Gasteiger partial charge in [-0.15, -0.1) is 0 Å². The lowest BCUT2D eigenvalue weighted by Crippen LogP contribution is -2.34. The molecule has 0 aliphatic carbocycles. The maximum absolute atomic E-state index is 12.1. The minimum Gasteiger partial charge on any atom is -0.493 e. The van der Waals surface area contributed by atoms with Gasteiger partial charge in [0, 0.05) is 5.02 Å². The van der Waals surface area contributed by atoms with E-state index in [0.717, 1.165) is 19.7 Å². The number of hydrazine groups is 1. The largest absolute Gasteiger partial charge is 0.493 e. The van der Waals surface area contributed by atoms with Crippen LogP contribution in [0.5, 0.6) is 11.5 Å². The molecule has 5 nitrogen and oxygen atoms in total. The zero-order valence-electron chi connectivity index (χ0n) is 14.1. The van der Waals surface area contributed by atoms with Crippen LogP contribution in [0.25, 0.3) is 6.08 Å². The van der Waals surface area contributed by atoms with Crippen LogP contribution in [0.3, 0.4) is 0 Å². The Morgan fingerprint density at radius 2 is 2.04 bits per heavy atom. The molecule has 27 heavy (non-hydrogen) atoms. The summed E-state index contributed by atoms with van der Waals surface area (Å²) in [5.74, 6) is 6.50. The Labute approximate surface area is 184 Å². The van der Waals surface area contributed by atoms with Crippen LogP contribution in [0.4, 0.5) is 0 Å². The van der Waals surface area contributed by atoms with Crippen LogP contribution in [0, 0.1) is 3.57 Å². The van der Waals surface area contributed by atoms with Gasteiger partial charge in [-0.3, -0.25) is 4.79 Å². The van der Waals surface area contributed by atoms with Crippen molar-refractivity contribution >= 4 is 74.5 Å². The number of amides is 1. The van der Waals surface area contributed by atoms with Gasteiger partial charge in [-0.05, 0) is 64.1 Å². The fourth-order valence-electron chi connectivity index (χ4n) is 2.33. The summed E-state index contributed by atoms with van der Waals surface area (Å²) < 4.78 is 12.6. The summed E-state index contributed by atoms with van der Waals surface area (Å²) in [7, 11) is 1.57. The van der Waals surface area contributed by atoms with E-state index in [9.17, 15) is 4.79 Å². The molecule has 9 heteroatoms. The normalized spacial score (nSPS) is 15.6. The number of methoxy groups -OCH3 is 1. The topological polar surface area (TPSA) is 64.8 Å². The number of halogens is 2. The van der Waals surface area contributed by atoms with E-state index >= 15 is 0 Å². The molecule has 0 saturated carbocycles. The number of nitrogens with two attached hydrogens (primary N) is 1. The summed E-state index contributed by atoms with van der Waals surface area (Å²) in [5.41, 5.74) is 1.79. The van der Waals surface area contributed by atoms with E-state index in [2.05, 4.69) is 22.6 Å². The van der Waals surface area contributed by atoms with Crippen molar-refractivity contribution < 1.29 is 14.3 Å². The van der Waals surface area contributed by atoms with Crippen molar-refractivity contribution in [1.82, 2.24) is 5.01 Å². The number of rotatable bonds is 5. The highest BCUT2D eigenvalue weighted by atomic mass is 127. The molecule has 0 atom stereocenters. The Kier molecular flexibility index (Phi) is 6.64. The summed E-state index contributed by atoms with van der Waals surface area (Å²) >= 11 is 14.3.